The molecule has 2 unspecified atom stereocenters. The molecule has 2 fully saturated rings. The van der Waals surface area contributed by atoms with E-state index in [-0.39, 0.29) is 36.7 Å². The Morgan fingerprint density at radius 2 is 2.03 bits per heavy atom. The van der Waals surface area contributed by atoms with Gasteiger partial charge in [0.1, 0.15) is 10.9 Å². The lowest BCUT2D eigenvalue weighted by atomic mass is 9.81. The molecule has 0 aromatic heterocycles. The molecule has 0 radical (unpaired) electrons. The van der Waals surface area contributed by atoms with Gasteiger partial charge in [0.05, 0.1) is 10.8 Å². The molecule has 2 aliphatic rings. The highest BCUT2D eigenvalue weighted by Gasteiger charge is 2.34. The van der Waals surface area contributed by atoms with E-state index < -0.39 is 5.97 Å². The number of carboxylic acid groups (broad SMARTS) is 1. The molecule has 1 heterocycles. The zero-order chi connectivity index (χ0) is 21.5. The van der Waals surface area contributed by atoms with Gasteiger partial charge >= 0.3 is 11.9 Å². The number of carboxylic acids is 1. The van der Waals surface area contributed by atoms with Gasteiger partial charge in [-0.15, -0.1) is 0 Å². The van der Waals surface area contributed by atoms with E-state index in [4.69, 9.17) is 22.1 Å². The standard InChI is InChI=1S/C22H25NO5S2/c24-19(25)10-5-11-23-20(26)18(30-22(23)29)13-16-8-4-9-17(12-16)21(27)28-14-15-6-2-1-3-7-15/h1-3,6-7,13,16-17H,4-5,8-12,14H2,(H,24,25)/b18-13-. The fourth-order valence-electron chi connectivity index (χ4n) is 3.75. The summed E-state index contributed by atoms with van der Waals surface area (Å²) in [5.41, 5.74) is 0.963. The summed E-state index contributed by atoms with van der Waals surface area (Å²) in [6.07, 6.45) is 5.61. The highest BCUT2D eigenvalue weighted by Crippen LogP contribution is 2.37. The molecule has 1 aliphatic heterocycles. The van der Waals surface area contributed by atoms with Gasteiger partial charge in [0, 0.05) is 13.0 Å². The number of hydrogen-bond donors (Lipinski definition) is 1. The van der Waals surface area contributed by atoms with Crippen molar-refractivity contribution in [3.8, 4) is 0 Å². The van der Waals surface area contributed by atoms with Crippen molar-refractivity contribution in [2.45, 2.75) is 45.1 Å². The summed E-state index contributed by atoms with van der Waals surface area (Å²) in [5.74, 6) is -1.27. The van der Waals surface area contributed by atoms with Gasteiger partial charge in [-0.25, -0.2) is 0 Å². The van der Waals surface area contributed by atoms with Gasteiger partial charge in [-0.05, 0) is 37.2 Å². The van der Waals surface area contributed by atoms with E-state index in [9.17, 15) is 14.4 Å². The third-order valence-electron chi connectivity index (χ3n) is 5.31. The molecule has 3 rings (SSSR count). The van der Waals surface area contributed by atoms with Gasteiger partial charge in [0.25, 0.3) is 5.91 Å². The average molecular weight is 448 g/mol. The van der Waals surface area contributed by atoms with E-state index in [1.807, 2.05) is 36.4 Å². The number of rotatable bonds is 8. The van der Waals surface area contributed by atoms with E-state index in [1.165, 1.54) is 16.7 Å². The van der Waals surface area contributed by atoms with Crippen molar-refractivity contribution < 1.29 is 24.2 Å². The first-order valence-corrected chi connectivity index (χ1v) is 11.3. The van der Waals surface area contributed by atoms with Crippen LogP contribution in [0.3, 0.4) is 0 Å². The predicted octanol–water partition coefficient (Wildman–Crippen LogP) is 4.15. The Bertz CT molecular complexity index is 839. The quantitative estimate of drug-likeness (QED) is 0.364. The van der Waals surface area contributed by atoms with Crippen LogP contribution in [0, 0.1) is 11.8 Å². The number of hydrogen-bond acceptors (Lipinski definition) is 6. The Morgan fingerprint density at radius 1 is 1.27 bits per heavy atom. The van der Waals surface area contributed by atoms with E-state index in [0.29, 0.717) is 28.6 Å². The van der Waals surface area contributed by atoms with Crippen molar-refractivity contribution in [1.82, 2.24) is 4.90 Å². The highest BCUT2D eigenvalue weighted by molar-refractivity contribution is 8.26. The smallest absolute Gasteiger partial charge is 0.309 e. The topological polar surface area (TPSA) is 83.9 Å². The fourth-order valence-corrected chi connectivity index (χ4v) is 5.12. The first-order chi connectivity index (χ1) is 14.4. The number of thioether (sulfide) groups is 1. The van der Waals surface area contributed by atoms with E-state index >= 15 is 0 Å². The van der Waals surface area contributed by atoms with Gasteiger partial charge in [-0.3, -0.25) is 19.3 Å². The highest BCUT2D eigenvalue weighted by atomic mass is 32.2. The maximum atomic E-state index is 12.7. The predicted molar refractivity (Wildman–Crippen MR) is 119 cm³/mol. The zero-order valence-corrected chi connectivity index (χ0v) is 18.3. The molecule has 8 heteroatoms. The first-order valence-electron chi connectivity index (χ1n) is 10.1. The Kier molecular flexibility index (Phi) is 8.04. The van der Waals surface area contributed by atoms with Crippen LogP contribution in [0.5, 0.6) is 0 Å². The molecule has 1 saturated carbocycles. The molecular formula is C22H25NO5S2. The number of carbonyl (C=O) groups is 3. The zero-order valence-electron chi connectivity index (χ0n) is 16.6. The first kappa shape index (κ1) is 22.5. The Morgan fingerprint density at radius 3 is 2.77 bits per heavy atom. The summed E-state index contributed by atoms with van der Waals surface area (Å²) in [6.45, 7) is 0.587. The van der Waals surface area contributed by atoms with Gasteiger partial charge in [-0.2, -0.15) is 0 Å². The number of esters is 1. The van der Waals surface area contributed by atoms with Gasteiger partial charge < -0.3 is 9.84 Å². The lowest BCUT2D eigenvalue weighted by Gasteiger charge is -2.26. The van der Waals surface area contributed by atoms with Crippen molar-refractivity contribution in [2.24, 2.45) is 11.8 Å². The van der Waals surface area contributed by atoms with Gasteiger partial charge in [-0.1, -0.05) is 66.8 Å². The SMILES string of the molecule is O=C(O)CCCN1C(=O)/C(=C/C2CCCC(C(=O)OCc3ccccc3)C2)SC1=S. The number of benzene rings is 1. The third-order valence-corrected chi connectivity index (χ3v) is 6.70. The van der Waals surface area contributed by atoms with Crippen LogP contribution < -0.4 is 0 Å². The minimum atomic E-state index is -0.886. The maximum Gasteiger partial charge on any atom is 0.309 e. The maximum absolute atomic E-state index is 12.7. The molecule has 1 aromatic carbocycles. The van der Waals surface area contributed by atoms with E-state index in [1.54, 1.807) is 0 Å². The van der Waals surface area contributed by atoms with Crippen LogP contribution >= 0.6 is 24.0 Å². The second-order valence-corrected chi connectivity index (χ2v) is 9.25. The molecule has 0 spiro atoms. The number of allylic oxidation sites excluding steroid dienone is 1. The van der Waals surface area contributed by atoms with E-state index in [0.717, 1.165) is 24.8 Å². The van der Waals surface area contributed by atoms with Gasteiger partial charge in [0.15, 0.2) is 0 Å². The summed E-state index contributed by atoms with van der Waals surface area (Å²) in [5, 5.41) is 8.77. The number of thiocarbonyl (C=S) groups is 1. The largest absolute Gasteiger partial charge is 0.481 e. The van der Waals surface area contributed by atoms with Crippen LogP contribution in [-0.2, 0) is 25.7 Å². The second kappa shape index (κ2) is 10.7. The monoisotopic (exact) mass is 447 g/mol. The van der Waals surface area contributed by atoms with Crippen LogP contribution in [0.25, 0.3) is 0 Å². The average Bonchev–Trinajstić information content (AvgIpc) is 3.00. The molecule has 2 atom stereocenters. The van der Waals surface area contributed by atoms with Crippen LogP contribution in [-0.4, -0.2) is 38.7 Å². The lowest BCUT2D eigenvalue weighted by Crippen LogP contribution is -2.29. The number of amides is 1. The Labute approximate surface area is 185 Å². The molecule has 1 amide bonds. The summed E-state index contributed by atoms with van der Waals surface area (Å²) < 4.78 is 5.96. The molecule has 30 heavy (non-hydrogen) atoms. The van der Waals surface area contributed by atoms with Crippen LogP contribution in [0.4, 0.5) is 0 Å². The number of ether oxygens (including phenoxy) is 1. The van der Waals surface area contributed by atoms with Gasteiger partial charge in [0.2, 0.25) is 0 Å². The lowest BCUT2D eigenvalue weighted by molar-refractivity contribution is -0.151. The molecule has 0 bridgehead atoms. The molecular weight excluding hydrogens is 422 g/mol. The van der Waals surface area contributed by atoms with Crippen molar-refractivity contribution in [3.05, 3.63) is 46.9 Å². The minimum Gasteiger partial charge on any atom is -0.481 e. The van der Waals surface area contributed by atoms with Crippen molar-refractivity contribution in [3.63, 3.8) is 0 Å². The van der Waals surface area contributed by atoms with Crippen LogP contribution in [0.15, 0.2) is 41.3 Å². The summed E-state index contributed by atoms with van der Waals surface area (Å²) in [4.78, 5) is 37.9. The molecule has 1 aliphatic carbocycles. The van der Waals surface area contributed by atoms with Crippen molar-refractivity contribution >= 4 is 46.1 Å². The van der Waals surface area contributed by atoms with Crippen molar-refractivity contribution in [2.75, 3.05) is 6.54 Å². The van der Waals surface area contributed by atoms with Crippen LogP contribution in [0.2, 0.25) is 0 Å². The van der Waals surface area contributed by atoms with Crippen LogP contribution in [0.1, 0.15) is 44.1 Å². The minimum absolute atomic E-state index is 0.00546. The fraction of sp³-hybridized carbons (Fsp3) is 0.455. The summed E-state index contributed by atoms with van der Waals surface area (Å²) in [7, 11) is 0. The molecule has 160 valence electrons. The number of nitrogens with zero attached hydrogens (tertiary/aromatic N) is 1. The van der Waals surface area contributed by atoms with E-state index in [2.05, 4.69) is 0 Å². The molecule has 1 N–H and O–H groups in total. The summed E-state index contributed by atoms with van der Waals surface area (Å²) >= 11 is 6.55. The Balaban J connectivity index is 1.54. The molecule has 6 nitrogen and oxygen atoms in total. The molecule has 1 saturated heterocycles. The Hall–Kier alpha value is -2.19. The molecule has 1 aromatic rings. The normalized spacial score (nSPS) is 23.1. The summed E-state index contributed by atoms with van der Waals surface area (Å²) in [6, 6.07) is 9.60. The number of aliphatic carboxylic acids is 1. The van der Waals surface area contributed by atoms with Crippen molar-refractivity contribution in [1.29, 1.82) is 0 Å². The number of carbonyl (C=O) groups excluding carboxylic acids is 2. The third kappa shape index (κ3) is 6.15. The second-order valence-electron chi connectivity index (χ2n) is 7.57.